The van der Waals surface area contributed by atoms with E-state index in [1.54, 1.807) is 6.26 Å². The lowest BCUT2D eigenvalue weighted by Gasteiger charge is -2.24. The quantitative estimate of drug-likeness (QED) is 0.400. The molecular weight excluding hydrogens is 392 g/mol. The molecule has 1 atom stereocenters. The average molecular weight is 417 g/mol. The minimum atomic E-state index is 0.384. The first-order valence-electron chi connectivity index (χ1n) is 10.2. The summed E-state index contributed by atoms with van der Waals surface area (Å²) >= 11 is 5.85. The number of fused-ring (bicyclic) bond motifs is 1. The highest BCUT2D eigenvalue weighted by Crippen LogP contribution is 2.35. The van der Waals surface area contributed by atoms with Crippen molar-refractivity contribution in [3.05, 3.63) is 94.5 Å². The standard InChI is InChI=1S/C24H24N4OS/c1-26(21-14-13-19-10-5-6-11-20(19)21)17-28-24(30)27(16-18-8-3-2-4-9-18)23(25-28)22-12-7-15-29-22/h2-12,15,21H,13-14,16-17H2,1H3. The summed E-state index contributed by atoms with van der Waals surface area (Å²) in [6, 6.07) is 23.2. The molecule has 2 aromatic heterocycles. The first-order chi connectivity index (χ1) is 14.7. The van der Waals surface area contributed by atoms with E-state index in [1.165, 1.54) is 16.7 Å². The highest BCUT2D eigenvalue weighted by Gasteiger charge is 2.26. The highest BCUT2D eigenvalue weighted by atomic mass is 32.1. The van der Waals surface area contributed by atoms with Crippen molar-refractivity contribution in [2.45, 2.75) is 32.1 Å². The number of hydrogen-bond donors (Lipinski definition) is 0. The van der Waals surface area contributed by atoms with Gasteiger partial charge in [-0.25, -0.2) is 4.68 Å². The van der Waals surface area contributed by atoms with Gasteiger partial charge in [0.15, 0.2) is 16.4 Å². The molecule has 0 radical (unpaired) electrons. The normalized spacial score (nSPS) is 15.6. The van der Waals surface area contributed by atoms with E-state index in [9.17, 15) is 0 Å². The largest absolute Gasteiger partial charge is 0.461 e. The van der Waals surface area contributed by atoms with Crippen LogP contribution in [-0.4, -0.2) is 26.3 Å². The summed E-state index contributed by atoms with van der Waals surface area (Å²) in [5.74, 6) is 1.48. The molecule has 0 bridgehead atoms. The molecule has 5 rings (SSSR count). The Kier molecular flexibility index (Phi) is 5.11. The van der Waals surface area contributed by atoms with Crippen molar-refractivity contribution in [2.24, 2.45) is 0 Å². The third-order valence-corrected chi connectivity index (χ3v) is 6.27. The van der Waals surface area contributed by atoms with Crippen LogP contribution in [0.2, 0.25) is 0 Å². The van der Waals surface area contributed by atoms with Crippen LogP contribution >= 0.6 is 12.2 Å². The van der Waals surface area contributed by atoms with Gasteiger partial charge < -0.3 is 4.42 Å². The predicted octanol–water partition coefficient (Wildman–Crippen LogP) is 5.30. The molecule has 30 heavy (non-hydrogen) atoms. The van der Waals surface area contributed by atoms with Crippen LogP contribution in [0, 0.1) is 4.77 Å². The summed E-state index contributed by atoms with van der Waals surface area (Å²) in [4.78, 5) is 2.34. The molecule has 0 spiro atoms. The Balaban J connectivity index is 1.47. The molecule has 0 N–H and O–H groups in total. The maximum absolute atomic E-state index is 5.85. The Morgan fingerprint density at radius 3 is 2.67 bits per heavy atom. The fourth-order valence-electron chi connectivity index (χ4n) is 4.33. The molecule has 4 aromatic rings. The number of hydrogen-bond acceptors (Lipinski definition) is 4. The van der Waals surface area contributed by atoms with Crippen LogP contribution in [0.5, 0.6) is 0 Å². The molecule has 2 aromatic carbocycles. The minimum absolute atomic E-state index is 0.384. The van der Waals surface area contributed by atoms with Crippen molar-refractivity contribution in [3.63, 3.8) is 0 Å². The summed E-state index contributed by atoms with van der Waals surface area (Å²) in [6.45, 7) is 1.29. The fraction of sp³-hybridized carbons (Fsp3) is 0.250. The van der Waals surface area contributed by atoms with Crippen LogP contribution < -0.4 is 0 Å². The Morgan fingerprint density at radius 2 is 1.87 bits per heavy atom. The van der Waals surface area contributed by atoms with Gasteiger partial charge >= 0.3 is 0 Å². The van der Waals surface area contributed by atoms with Gasteiger partial charge in [0.2, 0.25) is 0 Å². The maximum atomic E-state index is 5.85. The lowest BCUT2D eigenvalue weighted by Crippen LogP contribution is -2.26. The second-order valence-corrected chi connectivity index (χ2v) is 8.17. The first-order valence-corrected chi connectivity index (χ1v) is 10.6. The van der Waals surface area contributed by atoms with E-state index >= 15 is 0 Å². The molecule has 0 aliphatic heterocycles. The van der Waals surface area contributed by atoms with Gasteiger partial charge in [-0.2, -0.15) is 0 Å². The van der Waals surface area contributed by atoms with Crippen LogP contribution in [0.25, 0.3) is 11.6 Å². The number of rotatable bonds is 6. The summed E-state index contributed by atoms with van der Waals surface area (Å²) in [6.07, 6.45) is 3.92. The Bertz CT molecular complexity index is 1190. The van der Waals surface area contributed by atoms with Gasteiger partial charge in [-0.05, 0) is 60.9 Å². The minimum Gasteiger partial charge on any atom is -0.461 e. The number of benzene rings is 2. The fourth-order valence-corrected chi connectivity index (χ4v) is 4.58. The molecular formula is C24H24N4OS. The molecule has 1 aliphatic rings. The van der Waals surface area contributed by atoms with Gasteiger partial charge in [0, 0.05) is 6.04 Å². The third kappa shape index (κ3) is 3.53. The zero-order valence-electron chi connectivity index (χ0n) is 16.9. The zero-order chi connectivity index (χ0) is 20.5. The van der Waals surface area contributed by atoms with Crippen LogP contribution in [-0.2, 0) is 19.6 Å². The summed E-state index contributed by atoms with van der Waals surface area (Å²) in [7, 11) is 2.15. The molecule has 1 aliphatic carbocycles. The Hall–Kier alpha value is -2.96. The van der Waals surface area contributed by atoms with Crippen molar-refractivity contribution in [2.75, 3.05) is 7.05 Å². The SMILES string of the molecule is CN(Cn1nc(-c2ccco2)n(Cc2ccccc2)c1=S)C1CCc2ccccc21. The summed E-state index contributed by atoms with van der Waals surface area (Å²) in [5, 5.41) is 4.86. The smallest absolute Gasteiger partial charge is 0.199 e. The van der Waals surface area contributed by atoms with Crippen LogP contribution in [0.3, 0.4) is 0 Å². The number of nitrogens with zero attached hydrogens (tertiary/aromatic N) is 4. The molecule has 0 saturated carbocycles. The summed E-state index contributed by atoms with van der Waals surface area (Å²) in [5.41, 5.74) is 4.05. The van der Waals surface area contributed by atoms with Crippen molar-refractivity contribution in [3.8, 4) is 11.6 Å². The van der Waals surface area contributed by atoms with E-state index in [4.69, 9.17) is 21.7 Å². The summed E-state index contributed by atoms with van der Waals surface area (Å²) < 4.78 is 10.3. The van der Waals surface area contributed by atoms with E-state index in [0.29, 0.717) is 24.0 Å². The van der Waals surface area contributed by atoms with Gasteiger partial charge in [-0.1, -0.05) is 54.6 Å². The lowest BCUT2D eigenvalue weighted by molar-refractivity contribution is 0.182. The molecule has 0 fully saturated rings. The number of aryl methyl sites for hydroxylation is 1. The van der Waals surface area contributed by atoms with Crippen LogP contribution in [0.1, 0.15) is 29.2 Å². The van der Waals surface area contributed by atoms with E-state index in [2.05, 4.69) is 52.9 Å². The molecule has 1 unspecified atom stereocenters. The van der Waals surface area contributed by atoms with Crippen molar-refractivity contribution in [1.82, 2.24) is 19.2 Å². The molecule has 0 amide bonds. The Labute approximate surface area is 181 Å². The molecule has 152 valence electrons. The molecule has 0 saturated heterocycles. The third-order valence-electron chi connectivity index (χ3n) is 5.84. The topological polar surface area (TPSA) is 39.1 Å². The lowest BCUT2D eigenvalue weighted by atomic mass is 10.1. The monoisotopic (exact) mass is 416 g/mol. The predicted molar refractivity (Wildman–Crippen MR) is 120 cm³/mol. The van der Waals surface area contributed by atoms with Gasteiger partial charge in [-0.3, -0.25) is 9.47 Å². The van der Waals surface area contributed by atoms with Gasteiger partial charge in [0.1, 0.15) is 0 Å². The molecule has 6 heteroatoms. The second kappa shape index (κ2) is 8.05. The van der Waals surface area contributed by atoms with E-state index in [1.807, 2.05) is 35.0 Å². The zero-order valence-corrected chi connectivity index (χ0v) is 17.8. The van der Waals surface area contributed by atoms with Gasteiger partial charge in [-0.15, -0.1) is 5.10 Å². The van der Waals surface area contributed by atoms with E-state index in [-0.39, 0.29) is 0 Å². The number of aromatic nitrogens is 3. The maximum Gasteiger partial charge on any atom is 0.199 e. The highest BCUT2D eigenvalue weighted by molar-refractivity contribution is 7.71. The molecule has 5 nitrogen and oxygen atoms in total. The molecule has 2 heterocycles. The van der Waals surface area contributed by atoms with Crippen molar-refractivity contribution in [1.29, 1.82) is 0 Å². The first kappa shape index (κ1) is 19.0. The van der Waals surface area contributed by atoms with E-state index in [0.717, 1.165) is 24.4 Å². The number of furan rings is 1. The van der Waals surface area contributed by atoms with Crippen molar-refractivity contribution >= 4 is 12.2 Å². The van der Waals surface area contributed by atoms with Crippen LogP contribution in [0.4, 0.5) is 0 Å². The second-order valence-electron chi connectivity index (χ2n) is 7.81. The Morgan fingerprint density at radius 1 is 1.07 bits per heavy atom. The average Bonchev–Trinajstić information content (AvgIpc) is 3.50. The van der Waals surface area contributed by atoms with Gasteiger partial charge in [0.25, 0.3) is 0 Å². The van der Waals surface area contributed by atoms with E-state index < -0.39 is 0 Å². The van der Waals surface area contributed by atoms with Gasteiger partial charge in [0.05, 0.1) is 19.5 Å². The van der Waals surface area contributed by atoms with Crippen LogP contribution in [0.15, 0.2) is 77.4 Å². The van der Waals surface area contributed by atoms with Crippen molar-refractivity contribution < 1.29 is 4.42 Å².